The highest BCUT2D eigenvalue weighted by Gasteiger charge is 2.22. The van der Waals surface area contributed by atoms with E-state index in [0.717, 1.165) is 50.3 Å². The van der Waals surface area contributed by atoms with Crippen molar-refractivity contribution in [1.82, 2.24) is 20.4 Å². The molecule has 0 radical (unpaired) electrons. The van der Waals surface area contributed by atoms with E-state index in [0.29, 0.717) is 0 Å². The molecule has 0 bridgehead atoms. The fourth-order valence-corrected chi connectivity index (χ4v) is 3.67. The highest BCUT2D eigenvalue weighted by Crippen LogP contribution is 2.30. The third-order valence-electron chi connectivity index (χ3n) is 5.82. The van der Waals surface area contributed by atoms with Crippen molar-refractivity contribution in [2.24, 2.45) is 10.9 Å². The zero-order valence-corrected chi connectivity index (χ0v) is 21.3. The Morgan fingerprint density at radius 1 is 1.17 bits per heavy atom. The third kappa shape index (κ3) is 8.98. The average Bonchev–Trinajstić information content (AvgIpc) is 3.55. The quantitative estimate of drug-likeness (QED) is 0.223. The summed E-state index contributed by atoms with van der Waals surface area (Å²) in [4.78, 5) is 9.39. The van der Waals surface area contributed by atoms with Crippen molar-refractivity contribution >= 4 is 29.9 Å². The molecule has 2 fully saturated rings. The monoisotopic (exact) mass is 529 g/mol. The number of aliphatic imine (C=N–C) groups is 1. The maximum Gasteiger partial charge on any atom is 0.191 e. The van der Waals surface area contributed by atoms with Crippen LogP contribution in [0.5, 0.6) is 5.75 Å². The van der Waals surface area contributed by atoms with Gasteiger partial charge in [0.2, 0.25) is 0 Å². The van der Waals surface area contributed by atoms with Crippen LogP contribution >= 0.6 is 24.0 Å². The van der Waals surface area contributed by atoms with Crippen LogP contribution in [0.4, 0.5) is 0 Å². The summed E-state index contributed by atoms with van der Waals surface area (Å²) in [7, 11) is 4.05. The fourth-order valence-electron chi connectivity index (χ4n) is 3.67. The maximum atomic E-state index is 6.08. The molecule has 0 aromatic heterocycles. The number of nitrogens with zero attached hydrogens (tertiary/aromatic N) is 3. The summed E-state index contributed by atoms with van der Waals surface area (Å²) in [5.74, 6) is 2.62. The second-order valence-corrected chi connectivity index (χ2v) is 8.57. The van der Waals surface area contributed by atoms with Gasteiger partial charge in [-0.2, -0.15) is 0 Å². The van der Waals surface area contributed by atoms with E-state index in [1.54, 1.807) is 0 Å². The molecule has 7 heteroatoms. The molecule has 0 unspecified atom stereocenters. The summed E-state index contributed by atoms with van der Waals surface area (Å²) in [6, 6.07) is 6.46. The van der Waals surface area contributed by atoms with Crippen molar-refractivity contribution in [3.63, 3.8) is 0 Å². The minimum absolute atomic E-state index is 0. The summed E-state index contributed by atoms with van der Waals surface area (Å²) in [5, 5.41) is 6.90. The van der Waals surface area contributed by atoms with Gasteiger partial charge in [-0.3, -0.25) is 4.99 Å². The molecular weight excluding hydrogens is 489 g/mol. The van der Waals surface area contributed by atoms with Crippen LogP contribution in [0, 0.1) is 12.8 Å². The Morgan fingerprint density at radius 3 is 2.77 bits per heavy atom. The Labute approximate surface area is 199 Å². The summed E-state index contributed by atoms with van der Waals surface area (Å²) in [5.41, 5.74) is 2.43. The van der Waals surface area contributed by atoms with Gasteiger partial charge in [0.25, 0.3) is 0 Å². The second kappa shape index (κ2) is 13.4. The van der Waals surface area contributed by atoms with Crippen molar-refractivity contribution in [1.29, 1.82) is 0 Å². The third-order valence-corrected chi connectivity index (χ3v) is 5.82. The largest absolute Gasteiger partial charge is 0.493 e. The number of halogens is 1. The fraction of sp³-hybridized carbons (Fsp3) is 0.696. The van der Waals surface area contributed by atoms with Crippen molar-refractivity contribution in [2.75, 3.05) is 60.0 Å². The SMILES string of the molecule is CN=C(NCCCN1CCCN(C)CC1)NCc1ccc(C)cc1OCC1CC1.I. The van der Waals surface area contributed by atoms with Gasteiger partial charge in [-0.1, -0.05) is 12.1 Å². The summed E-state index contributed by atoms with van der Waals surface area (Å²) in [6.45, 7) is 10.6. The molecule has 1 saturated heterocycles. The van der Waals surface area contributed by atoms with Gasteiger partial charge in [0.05, 0.1) is 6.61 Å². The molecule has 3 rings (SSSR count). The first-order valence-corrected chi connectivity index (χ1v) is 11.2. The van der Waals surface area contributed by atoms with Crippen LogP contribution in [0.1, 0.15) is 36.8 Å². The first kappa shape index (κ1) is 25.2. The lowest BCUT2D eigenvalue weighted by Crippen LogP contribution is -2.38. The number of nitrogens with one attached hydrogen (secondary N) is 2. The number of ether oxygens (including phenoxy) is 1. The predicted octanol–water partition coefficient (Wildman–Crippen LogP) is 3.09. The molecule has 30 heavy (non-hydrogen) atoms. The summed E-state index contributed by atoms with van der Waals surface area (Å²) >= 11 is 0. The van der Waals surface area contributed by atoms with Crippen LogP contribution in [-0.2, 0) is 6.54 Å². The molecule has 170 valence electrons. The molecule has 2 N–H and O–H groups in total. The normalized spacial score (nSPS) is 18.4. The minimum atomic E-state index is 0. The van der Waals surface area contributed by atoms with E-state index in [-0.39, 0.29) is 24.0 Å². The van der Waals surface area contributed by atoms with Crippen molar-refractivity contribution in [3.05, 3.63) is 29.3 Å². The Hall–Kier alpha value is -1.06. The van der Waals surface area contributed by atoms with Crippen LogP contribution in [0.3, 0.4) is 0 Å². The van der Waals surface area contributed by atoms with E-state index >= 15 is 0 Å². The molecule has 1 aliphatic heterocycles. The molecule has 1 aromatic carbocycles. The van der Waals surface area contributed by atoms with Gasteiger partial charge in [0, 0.05) is 38.8 Å². The number of hydrogen-bond donors (Lipinski definition) is 2. The topological polar surface area (TPSA) is 52.1 Å². The van der Waals surface area contributed by atoms with E-state index in [9.17, 15) is 0 Å². The molecule has 0 spiro atoms. The van der Waals surface area contributed by atoms with E-state index < -0.39 is 0 Å². The standard InChI is InChI=1S/C23H39N5O.HI/c1-19-6-9-21(22(16-19)29-18-20-7-8-20)17-26-23(24-2)25-10-4-12-28-13-5-11-27(3)14-15-28;/h6,9,16,20H,4-5,7-8,10-15,17-18H2,1-3H3,(H2,24,25,26);1H. The van der Waals surface area contributed by atoms with Crippen molar-refractivity contribution in [2.45, 2.75) is 39.2 Å². The zero-order valence-electron chi connectivity index (χ0n) is 19.0. The average molecular weight is 530 g/mol. The van der Waals surface area contributed by atoms with Crippen LogP contribution < -0.4 is 15.4 Å². The van der Waals surface area contributed by atoms with Gasteiger partial charge in [-0.25, -0.2) is 0 Å². The van der Waals surface area contributed by atoms with E-state index in [1.807, 2.05) is 7.05 Å². The van der Waals surface area contributed by atoms with Gasteiger partial charge >= 0.3 is 0 Å². The van der Waals surface area contributed by atoms with Gasteiger partial charge in [0.1, 0.15) is 5.75 Å². The van der Waals surface area contributed by atoms with E-state index in [4.69, 9.17) is 4.74 Å². The lowest BCUT2D eigenvalue weighted by molar-refractivity contribution is 0.274. The van der Waals surface area contributed by atoms with E-state index in [2.05, 4.69) is 57.6 Å². The number of rotatable bonds is 9. The first-order chi connectivity index (χ1) is 14.1. The predicted molar refractivity (Wildman–Crippen MR) is 136 cm³/mol. The zero-order chi connectivity index (χ0) is 20.5. The minimum Gasteiger partial charge on any atom is -0.493 e. The van der Waals surface area contributed by atoms with Gasteiger partial charge in [-0.05, 0) is 76.8 Å². The molecule has 0 atom stereocenters. The lowest BCUT2D eigenvalue weighted by Gasteiger charge is -2.20. The molecule has 1 heterocycles. The van der Waals surface area contributed by atoms with Gasteiger partial charge in [-0.15, -0.1) is 24.0 Å². The molecule has 2 aliphatic rings. The van der Waals surface area contributed by atoms with Crippen LogP contribution in [0.2, 0.25) is 0 Å². The smallest absolute Gasteiger partial charge is 0.191 e. The maximum absolute atomic E-state index is 6.08. The summed E-state index contributed by atoms with van der Waals surface area (Å²) in [6.07, 6.45) is 5.02. The number of benzene rings is 1. The molecule has 1 aliphatic carbocycles. The second-order valence-electron chi connectivity index (χ2n) is 8.57. The highest BCUT2D eigenvalue weighted by molar-refractivity contribution is 14.0. The van der Waals surface area contributed by atoms with Crippen LogP contribution in [0.15, 0.2) is 23.2 Å². The van der Waals surface area contributed by atoms with Crippen LogP contribution in [-0.4, -0.2) is 75.7 Å². The number of hydrogen-bond acceptors (Lipinski definition) is 4. The van der Waals surface area contributed by atoms with Gasteiger partial charge in [0.15, 0.2) is 5.96 Å². The summed E-state index contributed by atoms with van der Waals surface area (Å²) < 4.78 is 6.08. The molecule has 6 nitrogen and oxygen atoms in total. The Morgan fingerprint density at radius 2 is 2.00 bits per heavy atom. The number of aryl methyl sites for hydroxylation is 1. The Balaban J connectivity index is 0.00000320. The van der Waals surface area contributed by atoms with Crippen molar-refractivity contribution in [3.8, 4) is 5.75 Å². The molecule has 1 aromatic rings. The number of guanidine groups is 1. The van der Waals surface area contributed by atoms with E-state index in [1.165, 1.54) is 56.6 Å². The first-order valence-electron chi connectivity index (χ1n) is 11.2. The van der Waals surface area contributed by atoms with Crippen molar-refractivity contribution < 1.29 is 4.74 Å². The Bertz CT molecular complexity index is 665. The Kier molecular flexibility index (Phi) is 11.2. The van der Waals surface area contributed by atoms with Crippen LogP contribution in [0.25, 0.3) is 0 Å². The molecule has 0 amide bonds. The lowest BCUT2D eigenvalue weighted by atomic mass is 10.1. The molecular formula is C23H40IN5O. The van der Waals surface area contributed by atoms with Gasteiger partial charge < -0.3 is 25.2 Å². The number of likely N-dealkylation sites (N-methyl/N-ethyl adjacent to an activating group) is 1. The highest BCUT2D eigenvalue weighted by atomic mass is 127. The molecule has 1 saturated carbocycles.